The molecular formula is C19H25ClN4OS. The summed E-state index contributed by atoms with van der Waals surface area (Å²) in [6, 6.07) is 6.68. The molecule has 5 nitrogen and oxygen atoms in total. The second-order valence-corrected chi connectivity index (χ2v) is 7.82. The van der Waals surface area contributed by atoms with E-state index in [1.807, 2.05) is 22.7 Å². The van der Waals surface area contributed by atoms with Crippen LogP contribution in [0.1, 0.15) is 29.4 Å². The number of aromatic nitrogens is 2. The van der Waals surface area contributed by atoms with Gasteiger partial charge in [-0.05, 0) is 42.5 Å². The zero-order valence-electron chi connectivity index (χ0n) is 15.0. The van der Waals surface area contributed by atoms with Crippen molar-refractivity contribution in [3.63, 3.8) is 0 Å². The van der Waals surface area contributed by atoms with Crippen LogP contribution in [0, 0.1) is 0 Å². The number of carbonyl (C=O) groups excluding carboxylic acids is 1. The van der Waals surface area contributed by atoms with E-state index in [9.17, 15) is 4.79 Å². The quantitative estimate of drug-likeness (QED) is 0.812. The van der Waals surface area contributed by atoms with Gasteiger partial charge < -0.3 is 14.8 Å². The fourth-order valence-electron chi connectivity index (χ4n) is 3.80. The van der Waals surface area contributed by atoms with Crippen LogP contribution < -0.4 is 5.32 Å². The van der Waals surface area contributed by atoms with E-state index in [2.05, 4.69) is 28.5 Å². The lowest BCUT2D eigenvalue weighted by Gasteiger charge is -2.35. The molecule has 1 amide bonds. The van der Waals surface area contributed by atoms with Gasteiger partial charge in [-0.2, -0.15) is 0 Å². The molecule has 1 aromatic carbocycles. The van der Waals surface area contributed by atoms with Crippen molar-refractivity contribution in [1.82, 2.24) is 19.8 Å². The van der Waals surface area contributed by atoms with Crippen LogP contribution in [-0.2, 0) is 24.7 Å². The van der Waals surface area contributed by atoms with Crippen LogP contribution in [-0.4, -0.2) is 45.7 Å². The Morgan fingerprint density at radius 3 is 3.00 bits per heavy atom. The summed E-state index contributed by atoms with van der Waals surface area (Å²) >= 11 is 1.65. The highest BCUT2D eigenvalue weighted by Gasteiger charge is 2.30. The fourth-order valence-corrected chi connectivity index (χ4v) is 4.64. The van der Waals surface area contributed by atoms with E-state index >= 15 is 0 Å². The molecule has 1 unspecified atom stereocenters. The molecule has 1 aromatic heterocycles. The Morgan fingerprint density at radius 2 is 2.19 bits per heavy atom. The number of nitrogens with zero attached hydrogens (tertiary/aromatic N) is 3. The highest BCUT2D eigenvalue weighted by Crippen LogP contribution is 2.28. The van der Waals surface area contributed by atoms with Crippen molar-refractivity contribution in [2.24, 2.45) is 7.05 Å². The molecule has 4 rings (SSSR count). The summed E-state index contributed by atoms with van der Waals surface area (Å²) in [6.45, 7) is 2.34. The van der Waals surface area contributed by atoms with Gasteiger partial charge in [0.05, 0.1) is 5.75 Å². The number of halogens is 1. The van der Waals surface area contributed by atoms with E-state index < -0.39 is 0 Å². The van der Waals surface area contributed by atoms with Crippen LogP contribution in [0.5, 0.6) is 0 Å². The van der Waals surface area contributed by atoms with Crippen LogP contribution in [0.25, 0.3) is 0 Å². The average molecular weight is 393 g/mol. The molecule has 0 spiro atoms. The third-order valence-corrected chi connectivity index (χ3v) is 6.13. The molecule has 140 valence electrons. The molecule has 1 atom stereocenters. The minimum Gasteiger partial charge on any atom is -0.336 e. The lowest BCUT2D eigenvalue weighted by molar-refractivity contribution is -0.131. The molecule has 1 N–H and O–H groups in total. The highest BCUT2D eigenvalue weighted by molar-refractivity contribution is 8.00. The van der Waals surface area contributed by atoms with Crippen LogP contribution in [0.2, 0.25) is 0 Å². The number of aryl methyl sites for hydroxylation is 3. The third kappa shape index (κ3) is 3.92. The second-order valence-electron chi connectivity index (χ2n) is 6.78. The molecule has 7 heteroatoms. The molecule has 2 aliphatic rings. The van der Waals surface area contributed by atoms with Gasteiger partial charge in [0.1, 0.15) is 11.9 Å². The number of imidazole rings is 1. The first kappa shape index (κ1) is 19.3. The number of thioether (sulfide) groups is 1. The van der Waals surface area contributed by atoms with Gasteiger partial charge in [-0.15, -0.1) is 24.2 Å². The minimum atomic E-state index is 0. The summed E-state index contributed by atoms with van der Waals surface area (Å²) in [5, 5.41) is 3.38. The Balaban J connectivity index is 0.00000196. The van der Waals surface area contributed by atoms with Crippen molar-refractivity contribution < 1.29 is 4.79 Å². The Bertz CT molecular complexity index is 779. The Kier molecular flexibility index (Phi) is 6.27. The molecule has 1 aliphatic heterocycles. The first-order chi connectivity index (χ1) is 12.2. The molecule has 1 aliphatic carbocycles. The van der Waals surface area contributed by atoms with Crippen LogP contribution >= 0.6 is 24.2 Å². The van der Waals surface area contributed by atoms with Crippen molar-refractivity contribution >= 4 is 30.1 Å². The van der Waals surface area contributed by atoms with Gasteiger partial charge in [0.25, 0.3) is 0 Å². The van der Waals surface area contributed by atoms with E-state index in [1.165, 1.54) is 35.3 Å². The van der Waals surface area contributed by atoms with Gasteiger partial charge in [0.2, 0.25) is 5.91 Å². The summed E-state index contributed by atoms with van der Waals surface area (Å²) in [7, 11) is 1.99. The predicted molar refractivity (Wildman–Crippen MR) is 107 cm³/mol. The van der Waals surface area contributed by atoms with Gasteiger partial charge >= 0.3 is 0 Å². The predicted octanol–water partition coefficient (Wildman–Crippen LogP) is 2.60. The molecule has 1 saturated heterocycles. The monoisotopic (exact) mass is 392 g/mol. The largest absolute Gasteiger partial charge is 0.336 e. The molecule has 2 aromatic rings. The van der Waals surface area contributed by atoms with Gasteiger partial charge in [-0.3, -0.25) is 4.79 Å². The standard InChI is InChI=1S/C19H24N4OS.ClH/c1-22-9-8-21-19(22)17-12-20-7-10-23(17)18(24)13-25-16-6-5-14-3-2-4-15(14)11-16;/h5-6,8-9,11,17,20H,2-4,7,10,12-13H2,1H3;1H. The van der Waals surface area contributed by atoms with Gasteiger partial charge in [-0.25, -0.2) is 4.98 Å². The van der Waals surface area contributed by atoms with Gasteiger partial charge in [0.15, 0.2) is 0 Å². The smallest absolute Gasteiger partial charge is 0.233 e. The minimum absolute atomic E-state index is 0. The summed E-state index contributed by atoms with van der Waals surface area (Å²) in [5.74, 6) is 1.63. The number of hydrogen-bond acceptors (Lipinski definition) is 4. The summed E-state index contributed by atoms with van der Waals surface area (Å²) in [6.07, 6.45) is 7.37. The van der Waals surface area contributed by atoms with E-state index in [0.29, 0.717) is 5.75 Å². The number of nitrogens with one attached hydrogen (secondary N) is 1. The van der Waals surface area contributed by atoms with Crippen molar-refractivity contribution in [2.75, 3.05) is 25.4 Å². The Hall–Kier alpha value is -1.50. The third-order valence-electron chi connectivity index (χ3n) is 5.15. The molecular weight excluding hydrogens is 368 g/mol. The molecule has 1 fully saturated rings. The lowest BCUT2D eigenvalue weighted by atomic mass is 10.1. The van der Waals surface area contributed by atoms with E-state index in [4.69, 9.17) is 0 Å². The van der Waals surface area contributed by atoms with Crippen molar-refractivity contribution in [3.8, 4) is 0 Å². The van der Waals surface area contributed by atoms with Gasteiger partial charge in [-0.1, -0.05) is 6.07 Å². The second kappa shape index (κ2) is 8.46. The molecule has 0 bridgehead atoms. The fraction of sp³-hybridized carbons (Fsp3) is 0.474. The van der Waals surface area contributed by atoms with Crippen molar-refractivity contribution in [2.45, 2.75) is 30.2 Å². The van der Waals surface area contributed by atoms with Crippen LogP contribution in [0.3, 0.4) is 0 Å². The molecule has 0 saturated carbocycles. The maximum absolute atomic E-state index is 12.9. The van der Waals surface area contributed by atoms with E-state index in [-0.39, 0.29) is 24.4 Å². The SMILES string of the molecule is Cl.Cn1ccnc1C1CNCCN1C(=O)CSc1ccc2c(c1)CCC2. The number of carbonyl (C=O) groups is 1. The Morgan fingerprint density at radius 1 is 1.35 bits per heavy atom. The maximum Gasteiger partial charge on any atom is 0.233 e. The number of fused-ring (bicyclic) bond motifs is 1. The number of rotatable bonds is 4. The summed E-state index contributed by atoms with van der Waals surface area (Å²) < 4.78 is 2.01. The normalized spacial score (nSPS) is 19.1. The first-order valence-electron chi connectivity index (χ1n) is 8.94. The van der Waals surface area contributed by atoms with Crippen molar-refractivity contribution in [3.05, 3.63) is 47.5 Å². The van der Waals surface area contributed by atoms with Crippen LogP contribution in [0.4, 0.5) is 0 Å². The van der Waals surface area contributed by atoms with E-state index in [1.54, 1.807) is 18.0 Å². The Labute approximate surface area is 165 Å². The van der Waals surface area contributed by atoms with E-state index in [0.717, 1.165) is 25.5 Å². The summed E-state index contributed by atoms with van der Waals surface area (Å²) in [4.78, 5) is 20.5. The number of hydrogen-bond donors (Lipinski definition) is 1. The molecule has 0 radical (unpaired) electrons. The lowest BCUT2D eigenvalue weighted by Crippen LogP contribution is -2.50. The zero-order chi connectivity index (χ0) is 17.2. The number of benzene rings is 1. The average Bonchev–Trinajstić information content (AvgIpc) is 3.27. The zero-order valence-corrected chi connectivity index (χ0v) is 16.6. The molecule has 2 heterocycles. The first-order valence-corrected chi connectivity index (χ1v) is 9.93. The summed E-state index contributed by atoms with van der Waals surface area (Å²) in [5.41, 5.74) is 2.94. The maximum atomic E-state index is 12.9. The van der Waals surface area contributed by atoms with Gasteiger partial charge in [0, 0.05) is 44.0 Å². The van der Waals surface area contributed by atoms with Crippen LogP contribution in [0.15, 0.2) is 35.5 Å². The molecule has 26 heavy (non-hydrogen) atoms. The number of piperazine rings is 1. The highest BCUT2D eigenvalue weighted by atomic mass is 35.5. The number of amides is 1. The van der Waals surface area contributed by atoms with Crippen molar-refractivity contribution in [1.29, 1.82) is 0 Å². The topological polar surface area (TPSA) is 50.2 Å².